The molecule has 1 aliphatic rings. The van der Waals surface area contributed by atoms with Gasteiger partial charge < -0.3 is 4.98 Å². The van der Waals surface area contributed by atoms with Crippen LogP contribution < -0.4 is 5.56 Å². The minimum atomic E-state index is 0.0434. The monoisotopic (exact) mass is 319 g/mol. The van der Waals surface area contributed by atoms with E-state index in [1.54, 1.807) is 11.3 Å². The Morgan fingerprint density at radius 2 is 2.09 bits per heavy atom. The number of nitrogens with zero attached hydrogens (tertiary/aromatic N) is 2. The summed E-state index contributed by atoms with van der Waals surface area (Å²) in [4.78, 5) is 24.8. The van der Waals surface area contributed by atoms with Gasteiger partial charge in [-0.15, -0.1) is 11.3 Å². The Kier molecular flexibility index (Phi) is 4.64. The second-order valence-electron chi connectivity index (χ2n) is 6.53. The van der Waals surface area contributed by atoms with E-state index in [0.717, 1.165) is 48.5 Å². The summed E-state index contributed by atoms with van der Waals surface area (Å²) in [6.45, 7) is 9.55. The highest BCUT2D eigenvalue weighted by Gasteiger charge is 2.18. The van der Waals surface area contributed by atoms with Crippen molar-refractivity contribution in [1.82, 2.24) is 14.9 Å². The number of rotatable bonds is 5. The lowest BCUT2D eigenvalue weighted by Gasteiger charge is -2.13. The first-order chi connectivity index (χ1) is 10.6. The van der Waals surface area contributed by atoms with Gasteiger partial charge in [0.25, 0.3) is 5.56 Å². The molecule has 0 radical (unpaired) electrons. The van der Waals surface area contributed by atoms with E-state index in [4.69, 9.17) is 4.98 Å². The van der Waals surface area contributed by atoms with Crippen LogP contribution in [0.4, 0.5) is 0 Å². The third-order valence-corrected chi connectivity index (χ3v) is 5.77. The van der Waals surface area contributed by atoms with Gasteiger partial charge in [-0.2, -0.15) is 0 Å². The Morgan fingerprint density at radius 1 is 1.36 bits per heavy atom. The van der Waals surface area contributed by atoms with Crippen molar-refractivity contribution >= 4 is 21.6 Å². The third kappa shape index (κ3) is 3.10. The molecule has 0 aliphatic carbocycles. The van der Waals surface area contributed by atoms with Crippen molar-refractivity contribution in [3.05, 3.63) is 26.6 Å². The molecule has 22 heavy (non-hydrogen) atoms. The molecule has 1 aliphatic heterocycles. The minimum absolute atomic E-state index is 0.0434. The number of fused-ring (bicyclic) bond motifs is 1. The molecule has 0 unspecified atom stereocenters. The fourth-order valence-electron chi connectivity index (χ4n) is 3.19. The van der Waals surface area contributed by atoms with E-state index in [9.17, 15) is 4.79 Å². The van der Waals surface area contributed by atoms with E-state index in [1.165, 1.54) is 23.3 Å². The van der Waals surface area contributed by atoms with E-state index in [0.29, 0.717) is 5.92 Å². The summed E-state index contributed by atoms with van der Waals surface area (Å²) in [5.74, 6) is 1.41. The van der Waals surface area contributed by atoms with Gasteiger partial charge in [-0.05, 0) is 50.8 Å². The maximum absolute atomic E-state index is 12.6. The summed E-state index contributed by atoms with van der Waals surface area (Å²) >= 11 is 1.67. The van der Waals surface area contributed by atoms with Gasteiger partial charge in [0, 0.05) is 4.88 Å². The van der Waals surface area contributed by atoms with Gasteiger partial charge in [0.15, 0.2) is 0 Å². The van der Waals surface area contributed by atoms with Gasteiger partial charge in [-0.25, -0.2) is 4.98 Å². The fourth-order valence-corrected chi connectivity index (χ4v) is 4.26. The van der Waals surface area contributed by atoms with Crippen LogP contribution in [0.5, 0.6) is 0 Å². The highest BCUT2D eigenvalue weighted by atomic mass is 32.1. The Morgan fingerprint density at radius 3 is 2.77 bits per heavy atom. The van der Waals surface area contributed by atoms with E-state index in [2.05, 4.69) is 30.7 Å². The molecule has 1 N–H and O–H groups in total. The van der Waals surface area contributed by atoms with Crippen LogP contribution in [0.2, 0.25) is 0 Å². The first-order valence-corrected chi connectivity index (χ1v) is 9.13. The first-order valence-electron chi connectivity index (χ1n) is 8.32. The van der Waals surface area contributed by atoms with Crippen molar-refractivity contribution in [3.8, 4) is 0 Å². The van der Waals surface area contributed by atoms with Gasteiger partial charge in [0.05, 0.1) is 11.9 Å². The zero-order valence-electron chi connectivity index (χ0n) is 13.7. The van der Waals surface area contributed by atoms with Crippen LogP contribution in [0.1, 0.15) is 49.4 Å². The second-order valence-corrected chi connectivity index (χ2v) is 7.73. The van der Waals surface area contributed by atoms with Crippen molar-refractivity contribution in [1.29, 1.82) is 0 Å². The van der Waals surface area contributed by atoms with Crippen molar-refractivity contribution in [2.45, 2.75) is 53.0 Å². The van der Waals surface area contributed by atoms with Crippen LogP contribution in [-0.2, 0) is 13.0 Å². The lowest BCUT2D eigenvalue weighted by Crippen LogP contribution is -2.22. The number of aromatic nitrogens is 2. The van der Waals surface area contributed by atoms with Crippen molar-refractivity contribution in [2.75, 3.05) is 13.1 Å². The highest BCUT2D eigenvalue weighted by Crippen LogP contribution is 2.29. The van der Waals surface area contributed by atoms with Gasteiger partial charge >= 0.3 is 0 Å². The Balaban J connectivity index is 1.95. The quantitative estimate of drug-likeness (QED) is 0.918. The lowest BCUT2D eigenvalue weighted by molar-refractivity contribution is 0.322. The van der Waals surface area contributed by atoms with Crippen LogP contribution in [0.25, 0.3) is 10.2 Å². The van der Waals surface area contributed by atoms with E-state index in [-0.39, 0.29) is 5.56 Å². The summed E-state index contributed by atoms with van der Waals surface area (Å²) in [7, 11) is 0. The average molecular weight is 319 g/mol. The summed E-state index contributed by atoms with van der Waals surface area (Å²) in [6.07, 6.45) is 4.61. The zero-order chi connectivity index (χ0) is 15.7. The van der Waals surface area contributed by atoms with Gasteiger partial charge in [-0.3, -0.25) is 9.69 Å². The topological polar surface area (TPSA) is 49.0 Å². The predicted molar refractivity (Wildman–Crippen MR) is 92.6 cm³/mol. The number of thiophene rings is 1. The molecular formula is C17H25N3OS. The summed E-state index contributed by atoms with van der Waals surface area (Å²) in [6, 6.07) is 0. The number of aryl methyl sites for hydroxylation is 1. The highest BCUT2D eigenvalue weighted by molar-refractivity contribution is 7.18. The molecule has 2 aromatic rings. The van der Waals surface area contributed by atoms with Crippen LogP contribution in [0, 0.1) is 12.8 Å². The Bertz CT molecular complexity index is 712. The van der Waals surface area contributed by atoms with Crippen molar-refractivity contribution in [2.24, 2.45) is 5.92 Å². The molecule has 0 amide bonds. The van der Waals surface area contributed by atoms with E-state index >= 15 is 0 Å². The predicted octanol–water partition coefficient (Wildman–Crippen LogP) is 3.48. The molecule has 1 saturated heterocycles. The standard InChI is InChI=1S/C17H25N3OS/c1-4-11(2)9-13-12(3)22-17-15(13)16(21)18-14(19-17)10-20-7-5-6-8-20/h11H,4-10H2,1-3H3,(H,18,19,21)/t11-/m1/s1. The molecular weight excluding hydrogens is 294 g/mol. The molecule has 0 spiro atoms. The normalized spacial score (nSPS) is 17.4. The molecule has 0 bridgehead atoms. The number of H-pyrrole nitrogens is 1. The number of hydrogen-bond donors (Lipinski definition) is 1. The molecule has 0 saturated carbocycles. The molecule has 5 heteroatoms. The van der Waals surface area contributed by atoms with Gasteiger partial charge in [0.1, 0.15) is 10.7 Å². The second kappa shape index (κ2) is 6.50. The maximum Gasteiger partial charge on any atom is 0.259 e. The van der Waals surface area contributed by atoms with Crippen LogP contribution in [-0.4, -0.2) is 28.0 Å². The largest absolute Gasteiger partial charge is 0.309 e. The maximum atomic E-state index is 12.6. The van der Waals surface area contributed by atoms with Gasteiger partial charge in [-0.1, -0.05) is 20.3 Å². The first kappa shape index (κ1) is 15.7. The molecule has 0 aromatic carbocycles. The molecule has 1 atom stereocenters. The average Bonchev–Trinajstić information content (AvgIpc) is 3.07. The van der Waals surface area contributed by atoms with Gasteiger partial charge in [0.2, 0.25) is 0 Å². The minimum Gasteiger partial charge on any atom is -0.309 e. The SMILES string of the molecule is CC[C@@H](C)Cc1c(C)sc2nc(CN3CCCC3)[nH]c(=O)c12. The number of hydrogen-bond acceptors (Lipinski definition) is 4. The summed E-state index contributed by atoms with van der Waals surface area (Å²) in [5.41, 5.74) is 1.25. The fraction of sp³-hybridized carbons (Fsp3) is 0.647. The number of likely N-dealkylation sites (tertiary alicyclic amines) is 1. The summed E-state index contributed by atoms with van der Waals surface area (Å²) in [5, 5.41) is 0.827. The molecule has 4 nitrogen and oxygen atoms in total. The van der Waals surface area contributed by atoms with Crippen LogP contribution in [0.3, 0.4) is 0 Å². The number of aromatic amines is 1. The smallest absolute Gasteiger partial charge is 0.259 e. The number of nitrogens with one attached hydrogen (secondary N) is 1. The van der Waals surface area contributed by atoms with E-state index in [1.807, 2.05) is 0 Å². The summed E-state index contributed by atoms with van der Waals surface area (Å²) < 4.78 is 0. The lowest BCUT2D eigenvalue weighted by atomic mass is 9.98. The van der Waals surface area contributed by atoms with E-state index < -0.39 is 0 Å². The van der Waals surface area contributed by atoms with Crippen molar-refractivity contribution < 1.29 is 0 Å². The molecule has 1 fully saturated rings. The molecule has 3 rings (SSSR count). The Hall–Kier alpha value is -1.20. The third-order valence-electron chi connectivity index (χ3n) is 4.73. The van der Waals surface area contributed by atoms with Crippen LogP contribution >= 0.6 is 11.3 Å². The molecule has 120 valence electrons. The zero-order valence-corrected chi connectivity index (χ0v) is 14.6. The molecule has 3 heterocycles. The Labute approximate surface area is 135 Å². The van der Waals surface area contributed by atoms with Crippen LogP contribution in [0.15, 0.2) is 4.79 Å². The van der Waals surface area contributed by atoms with Crippen molar-refractivity contribution in [3.63, 3.8) is 0 Å². The molecule has 2 aromatic heterocycles.